The molecule has 2 N–H and O–H groups in total. The van der Waals surface area contributed by atoms with Gasteiger partial charge in [0.15, 0.2) is 0 Å². The van der Waals surface area contributed by atoms with E-state index in [0.717, 1.165) is 5.75 Å². The van der Waals surface area contributed by atoms with E-state index in [9.17, 15) is 4.79 Å². The summed E-state index contributed by atoms with van der Waals surface area (Å²) in [5.41, 5.74) is 5.78. The fourth-order valence-electron chi connectivity index (χ4n) is 1.30. The van der Waals surface area contributed by atoms with Gasteiger partial charge < -0.3 is 10.6 Å². The molecule has 0 fully saturated rings. The second-order valence-electron chi connectivity index (χ2n) is 3.53. The van der Waals surface area contributed by atoms with Crippen LogP contribution in [0, 0.1) is 22.7 Å². The largest absolute Gasteiger partial charge is 0.339 e. The van der Waals surface area contributed by atoms with Crippen molar-refractivity contribution in [3.8, 4) is 12.1 Å². The standard InChI is InChI=1S/C11H18N4OS/c1-17-9-4-10(14)11(16)15(7-2-5-12)8-3-6-13/h10H,2-4,7-9,14H2,1H3/t10-/m0/s1. The third-order valence-electron chi connectivity index (χ3n) is 2.25. The van der Waals surface area contributed by atoms with Crippen molar-refractivity contribution in [2.75, 3.05) is 25.1 Å². The quantitative estimate of drug-likeness (QED) is 0.689. The molecule has 0 radical (unpaired) electrons. The van der Waals surface area contributed by atoms with Crippen molar-refractivity contribution in [3.05, 3.63) is 0 Å². The predicted octanol–water partition coefficient (Wildman–Crippen LogP) is 0.723. The highest BCUT2D eigenvalue weighted by molar-refractivity contribution is 7.98. The minimum Gasteiger partial charge on any atom is -0.339 e. The molecular formula is C11H18N4OS. The highest BCUT2D eigenvalue weighted by Gasteiger charge is 2.19. The number of nitrogens with two attached hydrogens (primary N) is 1. The zero-order valence-electron chi connectivity index (χ0n) is 10.1. The van der Waals surface area contributed by atoms with E-state index in [1.807, 2.05) is 18.4 Å². The fourth-order valence-corrected chi connectivity index (χ4v) is 1.79. The Balaban J connectivity index is 4.30. The van der Waals surface area contributed by atoms with Crippen LogP contribution in [0.3, 0.4) is 0 Å². The molecular weight excluding hydrogens is 236 g/mol. The number of thioether (sulfide) groups is 1. The Morgan fingerprint density at radius 1 is 1.35 bits per heavy atom. The number of nitrogens with zero attached hydrogens (tertiary/aromatic N) is 3. The third-order valence-corrected chi connectivity index (χ3v) is 2.89. The van der Waals surface area contributed by atoms with Crippen molar-refractivity contribution in [1.29, 1.82) is 10.5 Å². The van der Waals surface area contributed by atoms with Crippen molar-refractivity contribution in [1.82, 2.24) is 4.90 Å². The second kappa shape index (κ2) is 9.95. The molecule has 0 saturated heterocycles. The van der Waals surface area contributed by atoms with Crippen LogP contribution in [0.2, 0.25) is 0 Å². The molecule has 1 atom stereocenters. The van der Waals surface area contributed by atoms with Gasteiger partial charge in [-0.2, -0.15) is 22.3 Å². The fraction of sp³-hybridized carbons (Fsp3) is 0.727. The summed E-state index contributed by atoms with van der Waals surface area (Å²) in [4.78, 5) is 13.4. The maximum Gasteiger partial charge on any atom is 0.239 e. The van der Waals surface area contributed by atoms with E-state index in [2.05, 4.69) is 0 Å². The SMILES string of the molecule is CSCC[C@H](N)C(=O)N(CCC#N)CCC#N. The first-order chi connectivity index (χ1) is 8.17. The van der Waals surface area contributed by atoms with Crippen LogP contribution in [-0.2, 0) is 4.79 Å². The lowest BCUT2D eigenvalue weighted by Gasteiger charge is -2.23. The highest BCUT2D eigenvalue weighted by Crippen LogP contribution is 2.04. The molecule has 0 heterocycles. The Bertz CT molecular complexity index is 290. The molecule has 0 saturated carbocycles. The summed E-state index contributed by atoms with van der Waals surface area (Å²) >= 11 is 1.64. The molecule has 0 aromatic rings. The zero-order valence-corrected chi connectivity index (χ0v) is 10.9. The van der Waals surface area contributed by atoms with Crippen LogP contribution in [0.4, 0.5) is 0 Å². The molecule has 0 bridgehead atoms. The van der Waals surface area contributed by atoms with Crippen LogP contribution in [0.1, 0.15) is 19.3 Å². The van der Waals surface area contributed by atoms with Crippen LogP contribution >= 0.6 is 11.8 Å². The molecule has 5 nitrogen and oxygen atoms in total. The molecule has 17 heavy (non-hydrogen) atoms. The minimum absolute atomic E-state index is 0.162. The second-order valence-corrected chi connectivity index (χ2v) is 4.52. The number of rotatable bonds is 8. The van der Waals surface area contributed by atoms with Gasteiger partial charge in [-0.15, -0.1) is 0 Å². The highest BCUT2D eigenvalue weighted by atomic mass is 32.2. The summed E-state index contributed by atoms with van der Waals surface area (Å²) in [7, 11) is 0. The van der Waals surface area contributed by atoms with Crippen LogP contribution in [0.15, 0.2) is 0 Å². The lowest BCUT2D eigenvalue weighted by Crippen LogP contribution is -2.44. The maximum absolute atomic E-state index is 11.9. The summed E-state index contributed by atoms with van der Waals surface area (Å²) in [6.07, 6.45) is 3.12. The molecule has 0 aliphatic carbocycles. The van der Waals surface area contributed by atoms with Crippen molar-refractivity contribution in [2.24, 2.45) is 5.73 Å². The minimum atomic E-state index is -0.528. The van der Waals surface area contributed by atoms with Gasteiger partial charge in [-0.05, 0) is 18.4 Å². The predicted molar refractivity (Wildman–Crippen MR) is 68.0 cm³/mol. The zero-order chi connectivity index (χ0) is 13.1. The van der Waals surface area contributed by atoms with Crippen molar-refractivity contribution < 1.29 is 4.79 Å². The van der Waals surface area contributed by atoms with Crippen LogP contribution in [0.25, 0.3) is 0 Å². The van der Waals surface area contributed by atoms with Gasteiger partial charge in [0.1, 0.15) is 0 Å². The first-order valence-electron chi connectivity index (χ1n) is 5.44. The average Bonchev–Trinajstić information content (AvgIpc) is 2.35. The summed E-state index contributed by atoms with van der Waals surface area (Å²) < 4.78 is 0. The Morgan fingerprint density at radius 3 is 2.29 bits per heavy atom. The van der Waals surface area contributed by atoms with Gasteiger partial charge in [0, 0.05) is 13.1 Å². The van der Waals surface area contributed by atoms with E-state index in [0.29, 0.717) is 19.5 Å². The van der Waals surface area contributed by atoms with Crippen molar-refractivity contribution in [2.45, 2.75) is 25.3 Å². The third kappa shape index (κ3) is 6.83. The molecule has 0 aromatic carbocycles. The average molecular weight is 254 g/mol. The van der Waals surface area contributed by atoms with E-state index >= 15 is 0 Å². The van der Waals surface area contributed by atoms with E-state index in [4.69, 9.17) is 16.3 Å². The number of carbonyl (C=O) groups is 1. The summed E-state index contributed by atoms with van der Waals surface area (Å²) in [5.74, 6) is 0.668. The Labute approximate surface area is 107 Å². The van der Waals surface area contributed by atoms with E-state index < -0.39 is 6.04 Å². The molecule has 0 aromatic heterocycles. The van der Waals surface area contributed by atoms with Gasteiger partial charge >= 0.3 is 0 Å². The molecule has 0 rings (SSSR count). The number of hydrogen-bond acceptors (Lipinski definition) is 5. The van der Waals surface area contributed by atoms with Gasteiger partial charge in [0.2, 0.25) is 5.91 Å². The Hall–Kier alpha value is -1.24. The summed E-state index contributed by atoms with van der Waals surface area (Å²) in [6.45, 7) is 0.702. The first-order valence-corrected chi connectivity index (χ1v) is 6.84. The van der Waals surface area contributed by atoms with Crippen LogP contribution in [-0.4, -0.2) is 41.9 Å². The van der Waals surface area contributed by atoms with Crippen molar-refractivity contribution >= 4 is 17.7 Å². The molecule has 0 spiro atoms. The van der Waals surface area contributed by atoms with Crippen molar-refractivity contribution in [3.63, 3.8) is 0 Å². The maximum atomic E-state index is 11.9. The lowest BCUT2D eigenvalue weighted by molar-refractivity contribution is -0.132. The van der Waals surface area contributed by atoms with Gasteiger partial charge in [0.05, 0.1) is 31.0 Å². The van der Waals surface area contributed by atoms with E-state index in [1.165, 1.54) is 4.90 Å². The Kier molecular flexibility index (Phi) is 9.22. The number of carbonyl (C=O) groups excluding carboxylic acids is 1. The molecule has 1 amide bonds. The van der Waals surface area contributed by atoms with E-state index in [1.54, 1.807) is 11.8 Å². The first kappa shape index (κ1) is 15.8. The normalized spacial score (nSPS) is 11.3. The molecule has 6 heteroatoms. The monoisotopic (exact) mass is 254 g/mol. The molecule has 0 unspecified atom stereocenters. The van der Waals surface area contributed by atoms with Gasteiger partial charge in [0.25, 0.3) is 0 Å². The van der Waals surface area contributed by atoms with Crippen LogP contribution in [0.5, 0.6) is 0 Å². The number of amides is 1. The number of nitriles is 2. The summed E-state index contributed by atoms with van der Waals surface area (Å²) in [5, 5.41) is 17.0. The topological polar surface area (TPSA) is 93.9 Å². The number of hydrogen-bond donors (Lipinski definition) is 1. The van der Waals surface area contributed by atoms with Crippen LogP contribution < -0.4 is 5.73 Å². The van der Waals surface area contributed by atoms with Gasteiger partial charge in [-0.1, -0.05) is 0 Å². The van der Waals surface area contributed by atoms with Gasteiger partial charge in [-0.3, -0.25) is 4.79 Å². The summed E-state index contributed by atoms with van der Waals surface area (Å²) in [6, 6.07) is 3.45. The molecule has 0 aliphatic heterocycles. The smallest absolute Gasteiger partial charge is 0.239 e. The van der Waals surface area contributed by atoms with E-state index in [-0.39, 0.29) is 18.7 Å². The molecule has 94 valence electrons. The van der Waals surface area contributed by atoms with Gasteiger partial charge in [-0.25, -0.2) is 0 Å². The molecule has 0 aliphatic rings. The Morgan fingerprint density at radius 2 is 1.88 bits per heavy atom. The lowest BCUT2D eigenvalue weighted by atomic mass is 10.2.